The number of carbonyl (C=O) groups is 2. The molecule has 0 aromatic heterocycles. The molecule has 0 bridgehead atoms. The standard InChI is InChI=1S/C6H5NO4/c1-2-4(8)10-6-7-3-5(9)11-6/h2H,1,3H2. The molecular weight excluding hydrogens is 150 g/mol. The van der Waals surface area contributed by atoms with Crippen LogP contribution in [0.3, 0.4) is 0 Å². The normalized spacial score (nSPS) is 15.3. The van der Waals surface area contributed by atoms with Crippen LogP contribution in [-0.4, -0.2) is 24.6 Å². The van der Waals surface area contributed by atoms with Gasteiger partial charge in [-0.1, -0.05) is 6.58 Å². The first-order valence-corrected chi connectivity index (χ1v) is 2.82. The fourth-order valence-electron chi connectivity index (χ4n) is 0.472. The van der Waals surface area contributed by atoms with E-state index in [-0.39, 0.29) is 12.6 Å². The first-order chi connectivity index (χ1) is 5.22. The van der Waals surface area contributed by atoms with E-state index in [4.69, 9.17) is 0 Å². The Labute approximate surface area is 62.3 Å². The van der Waals surface area contributed by atoms with Gasteiger partial charge in [0, 0.05) is 6.08 Å². The minimum Gasteiger partial charge on any atom is -0.376 e. The molecule has 1 aliphatic heterocycles. The van der Waals surface area contributed by atoms with Crippen molar-refractivity contribution in [1.29, 1.82) is 0 Å². The van der Waals surface area contributed by atoms with Gasteiger partial charge in [-0.25, -0.2) is 14.6 Å². The molecule has 0 amide bonds. The summed E-state index contributed by atoms with van der Waals surface area (Å²) in [5, 5.41) is 0. The maximum atomic E-state index is 10.5. The number of carbonyl (C=O) groups excluding carboxylic acids is 2. The third kappa shape index (κ3) is 1.89. The topological polar surface area (TPSA) is 65.0 Å². The molecule has 58 valence electrons. The van der Waals surface area contributed by atoms with Crippen molar-refractivity contribution in [1.82, 2.24) is 0 Å². The number of aliphatic imine (C=N–C) groups is 1. The van der Waals surface area contributed by atoms with Gasteiger partial charge in [0.2, 0.25) is 0 Å². The van der Waals surface area contributed by atoms with E-state index in [1.165, 1.54) is 0 Å². The summed E-state index contributed by atoms with van der Waals surface area (Å²) in [5.41, 5.74) is 0. The summed E-state index contributed by atoms with van der Waals surface area (Å²) < 4.78 is 8.73. The molecule has 1 rings (SSSR count). The smallest absolute Gasteiger partial charge is 0.376 e. The van der Waals surface area contributed by atoms with Crippen molar-refractivity contribution in [2.75, 3.05) is 6.54 Å². The molecule has 5 heteroatoms. The van der Waals surface area contributed by atoms with Crippen molar-refractivity contribution in [2.24, 2.45) is 4.99 Å². The zero-order valence-corrected chi connectivity index (χ0v) is 5.57. The lowest BCUT2D eigenvalue weighted by Gasteiger charge is -1.96. The number of cyclic esters (lactones) is 1. The Bertz CT molecular complexity index is 243. The van der Waals surface area contributed by atoms with E-state index >= 15 is 0 Å². The number of hydrogen-bond acceptors (Lipinski definition) is 5. The van der Waals surface area contributed by atoms with Gasteiger partial charge >= 0.3 is 18.0 Å². The quantitative estimate of drug-likeness (QED) is 0.382. The molecular formula is C6H5NO4. The van der Waals surface area contributed by atoms with Crippen molar-refractivity contribution in [3.05, 3.63) is 12.7 Å². The number of nitrogens with zero attached hydrogens (tertiary/aromatic N) is 1. The molecule has 11 heavy (non-hydrogen) atoms. The van der Waals surface area contributed by atoms with Crippen LogP contribution in [0.25, 0.3) is 0 Å². The molecule has 0 aromatic rings. The van der Waals surface area contributed by atoms with Crippen molar-refractivity contribution >= 4 is 18.0 Å². The van der Waals surface area contributed by atoms with Crippen LogP contribution in [-0.2, 0) is 19.1 Å². The fourth-order valence-corrected chi connectivity index (χ4v) is 0.472. The first-order valence-electron chi connectivity index (χ1n) is 2.82. The SMILES string of the molecule is C=CC(=O)OC1=NCC(=O)O1. The number of rotatable bonds is 1. The third-order valence-electron chi connectivity index (χ3n) is 0.893. The van der Waals surface area contributed by atoms with Gasteiger partial charge in [-0.3, -0.25) is 0 Å². The number of ether oxygens (including phenoxy) is 2. The highest BCUT2D eigenvalue weighted by atomic mass is 16.7. The van der Waals surface area contributed by atoms with E-state index < -0.39 is 11.9 Å². The first kappa shape index (κ1) is 7.46. The van der Waals surface area contributed by atoms with Crippen LogP contribution < -0.4 is 0 Å². The van der Waals surface area contributed by atoms with Crippen molar-refractivity contribution in [3.8, 4) is 0 Å². The van der Waals surface area contributed by atoms with E-state index in [9.17, 15) is 9.59 Å². The van der Waals surface area contributed by atoms with E-state index in [0.717, 1.165) is 6.08 Å². The van der Waals surface area contributed by atoms with Gasteiger partial charge in [0.1, 0.15) is 6.54 Å². The molecule has 0 fully saturated rings. The lowest BCUT2D eigenvalue weighted by atomic mass is 10.7. The van der Waals surface area contributed by atoms with E-state index in [0.29, 0.717) is 0 Å². The largest absolute Gasteiger partial charge is 0.400 e. The maximum absolute atomic E-state index is 10.5. The minimum atomic E-state index is -0.696. The number of esters is 2. The molecule has 0 spiro atoms. The van der Waals surface area contributed by atoms with E-state index in [2.05, 4.69) is 21.0 Å². The molecule has 0 atom stereocenters. The lowest BCUT2D eigenvalue weighted by Crippen LogP contribution is -2.12. The van der Waals surface area contributed by atoms with Gasteiger partial charge < -0.3 is 9.47 Å². The van der Waals surface area contributed by atoms with Crippen LogP contribution in [0.15, 0.2) is 17.6 Å². The van der Waals surface area contributed by atoms with Crippen molar-refractivity contribution < 1.29 is 19.1 Å². The second-order valence-electron chi connectivity index (χ2n) is 1.68. The summed E-state index contributed by atoms with van der Waals surface area (Å²) >= 11 is 0. The average molecular weight is 155 g/mol. The number of hydrogen-bond donors (Lipinski definition) is 0. The Balaban J connectivity index is 2.45. The predicted octanol–water partition coefficient (Wildman–Crippen LogP) is -0.372. The van der Waals surface area contributed by atoms with Gasteiger partial charge in [-0.15, -0.1) is 0 Å². The molecule has 1 heterocycles. The van der Waals surface area contributed by atoms with Crippen LogP contribution in [0.5, 0.6) is 0 Å². The van der Waals surface area contributed by atoms with E-state index in [1.54, 1.807) is 0 Å². The second kappa shape index (κ2) is 2.96. The van der Waals surface area contributed by atoms with Crippen LogP contribution >= 0.6 is 0 Å². The molecule has 0 saturated heterocycles. The molecule has 5 nitrogen and oxygen atoms in total. The van der Waals surface area contributed by atoms with E-state index in [1.807, 2.05) is 0 Å². The van der Waals surface area contributed by atoms with Crippen LogP contribution in [0.2, 0.25) is 0 Å². The summed E-state index contributed by atoms with van der Waals surface area (Å²) in [6.45, 7) is 3.05. The molecule has 0 saturated carbocycles. The molecule has 0 unspecified atom stereocenters. The van der Waals surface area contributed by atoms with Gasteiger partial charge in [-0.2, -0.15) is 0 Å². The molecule has 0 radical (unpaired) electrons. The highest BCUT2D eigenvalue weighted by Crippen LogP contribution is 1.97. The Hall–Kier alpha value is -1.65. The van der Waals surface area contributed by atoms with Crippen LogP contribution in [0, 0.1) is 0 Å². The second-order valence-corrected chi connectivity index (χ2v) is 1.68. The molecule has 0 aliphatic carbocycles. The Morgan fingerprint density at radius 1 is 1.82 bits per heavy atom. The summed E-state index contributed by atoms with van der Waals surface area (Å²) in [4.78, 5) is 24.3. The average Bonchev–Trinajstić information content (AvgIpc) is 2.35. The van der Waals surface area contributed by atoms with Gasteiger partial charge in [-0.05, 0) is 0 Å². The summed E-state index contributed by atoms with van der Waals surface area (Å²) in [5.74, 6) is -1.23. The molecule has 0 N–H and O–H groups in total. The van der Waals surface area contributed by atoms with Crippen molar-refractivity contribution in [2.45, 2.75) is 0 Å². The molecule has 0 aromatic carbocycles. The Morgan fingerprint density at radius 2 is 2.55 bits per heavy atom. The monoisotopic (exact) mass is 155 g/mol. The van der Waals surface area contributed by atoms with Crippen LogP contribution in [0.4, 0.5) is 0 Å². The fraction of sp³-hybridized carbons (Fsp3) is 0.167. The summed E-state index contributed by atoms with van der Waals surface area (Å²) in [7, 11) is 0. The predicted molar refractivity (Wildman–Crippen MR) is 34.7 cm³/mol. The maximum Gasteiger partial charge on any atom is 0.400 e. The Kier molecular flexibility index (Phi) is 2.00. The highest BCUT2D eigenvalue weighted by molar-refractivity contribution is 5.98. The van der Waals surface area contributed by atoms with Gasteiger partial charge in [0.05, 0.1) is 0 Å². The van der Waals surface area contributed by atoms with Crippen LogP contribution in [0.1, 0.15) is 0 Å². The van der Waals surface area contributed by atoms with Gasteiger partial charge in [0.15, 0.2) is 0 Å². The lowest BCUT2D eigenvalue weighted by molar-refractivity contribution is -0.136. The zero-order valence-electron chi connectivity index (χ0n) is 5.57. The highest BCUT2D eigenvalue weighted by Gasteiger charge is 2.19. The van der Waals surface area contributed by atoms with Gasteiger partial charge in [0.25, 0.3) is 0 Å². The van der Waals surface area contributed by atoms with Crippen molar-refractivity contribution in [3.63, 3.8) is 0 Å². The molecule has 1 aliphatic rings. The zero-order chi connectivity index (χ0) is 8.27. The Morgan fingerprint density at radius 3 is 3.00 bits per heavy atom. The third-order valence-corrected chi connectivity index (χ3v) is 0.893. The minimum absolute atomic E-state index is 0.0975. The summed E-state index contributed by atoms with van der Waals surface area (Å²) in [6.07, 6.45) is 0.647. The summed E-state index contributed by atoms with van der Waals surface area (Å²) in [6, 6.07) is 0.